The van der Waals surface area contributed by atoms with Crippen molar-refractivity contribution in [3.8, 4) is 0 Å². The van der Waals surface area contributed by atoms with Crippen molar-refractivity contribution >= 4 is 23.6 Å². The molecule has 1 rings (SSSR count). The molecule has 0 aromatic heterocycles. The summed E-state index contributed by atoms with van der Waals surface area (Å²) in [5, 5.41) is 14.3. The first-order valence-corrected chi connectivity index (χ1v) is 13.3. The van der Waals surface area contributed by atoms with Crippen LogP contribution in [-0.4, -0.2) is 41.8 Å². The molecular weight excluding hydrogens is 444 g/mol. The molecule has 0 heterocycles. The second kappa shape index (κ2) is 19.6. The molecular formula is C28H44N2O5. The average molecular weight is 489 g/mol. The number of carbonyl (C=O) groups excluding carboxylic acids is 3. The molecule has 2 amide bonds. The molecule has 7 nitrogen and oxygen atoms in total. The van der Waals surface area contributed by atoms with Gasteiger partial charge in [-0.1, -0.05) is 64.0 Å². The SMILES string of the molecule is CCCCCCCCC(=O)c1ccc(C(=O)NCCCCCCNC(=O)CCCCC(=O)O)cc1. The summed E-state index contributed by atoms with van der Waals surface area (Å²) in [6.45, 7) is 3.40. The lowest BCUT2D eigenvalue weighted by molar-refractivity contribution is -0.137. The van der Waals surface area contributed by atoms with Crippen molar-refractivity contribution in [2.24, 2.45) is 0 Å². The summed E-state index contributed by atoms with van der Waals surface area (Å²) in [5.41, 5.74) is 1.23. The number of carboxylic acids is 1. The van der Waals surface area contributed by atoms with E-state index in [9.17, 15) is 19.2 Å². The van der Waals surface area contributed by atoms with E-state index in [1.165, 1.54) is 25.7 Å². The zero-order chi connectivity index (χ0) is 25.7. The number of rotatable bonds is 21. The Morgan fingerprint density at radius 2 is 1.14 bits per heavy atom. The topological polar surface area (TPSA) is 113 Å². The van der Waals surface area contributed by atoms with Gasteiger partial charge in [-0.05, 0) is 44.2 Å². The Morgan fingerprint density at radius 3 is 1.80 bits per heavy atom. The molecule has 0 aliphatic heterocycles. The average Bonchev–Trinajstić information content (AvgIpc) is 2.85. The summed E-state index contributed by atoms with van der Waals surface area (Å²) in [6, 6.07) is 6.92. The minimum atomic E-state index is -0.829. The molecule has 3 N–H and O–H groups in total. The molecule has 7 heteroatoms. The van der Waals surface area contributed by atoms with Crippen LogP contribution in [0.5, 0.6) is 0 Å². The minimum absolute atomic E-state index is 0.0298. The first kappa shape index (κ1) is 30.3. The Bertz CT molecular complexity index is 761. The highest BCUT2D eigenvalue weighted by Crippen LogP contribution is 2.12. The van der Waals surface area contributed by atoms with Gasteiger partial charge in [-0.2, -0.15) is 0 Å². The van der Waals surface area contributed by atoms with Gasteiger partial charge in [0.05, 0.1) is 0 Å². The van der Waals surface area contributed by atoms with Crippen molar-refractivity contribution in [1.82, 2.24) is 10.6 Å². The fraction of sp³-hybridized carbons (Fsp3) is 0.643. The second-order valence-electron chi connectivity index (χ2n) is 9.14. The Morgan fingerprint density at radius 1 is 0.629 bits per heavy atom. The molecule has 1 aromatic carbocycles. The number of amides is 2. The van der Waals surface area contributed by atoms with Crippen molar-refractivity contribution in [2.45, 2.75) is 103 Å². The number of ketones is 1. The molecule has 0 fully saturated rings. The maximum absolute atomic E-state index is 12.3. The van der Waals surface area contributed by atoms with Crippen molar-refractivity contribution < 1.29 is 24.3 Å². The standard InChI is InChI=1S/C28H44N2O5/c1-2-3-4-5-6-9-14-25(31)23-17-19-24(20-18-23)28(35)30-22-13-8-7-12-21-29-26(32)15-10-11-16-27(33)34/h17-20H,2-16,21-22H2,1H3,(H,29,32)(H,30,35)(H,33,34). The van der Waals surface area contributed by atoms with Crippen molar-refractivity contribution in [2.75, 3.05) is 13.1 Å². The highest BCUT2D eigenvalue weighted by Gasteiger charge is 2.09. The van der Waals surface area contributed by atoms with Crippen LogP contribution in [-0.2, 0) is 9.59 Å². The van der Waals surface area contributed by atoms with Gasteiger partial charge in [-0.25, -0.2) is 0 Å². The van der Waals surface area contributed by atoms with Crippen LogP contribution < -0.4 is 10.6 Å². The Balaban J connectivity index is 2.08. The van der Waals surface area contributed by atoms with Crippen LogP contribution in [0.4, 0.5) is 0 Å². The Kier molecular flexibility index (Phi) is 17.0. The Labute approximate surface area is 210 Å². The van der Waals surface area contributed by atoms with E-state index in [4.69, 9.17) is 5.11 Å². The number of hydrogen-bond acceptors (Lipinski definition) is 4. The van der Waals surface area contributed by atoms with E-state index in [1.54, 1.807) is 24.3 Å². The van der Waals surface area contributed by atoms with Gasteiger partial charge < -0.3 is 15.7 Å². The van der Waals surface area contributed by atoms with Gasteiger partial charge in [-0.3, -0.25) is 19.2 Å². The maximum Gasteiger partial charge on any atom is 0.303 e. The monoisotopic (exact) mass is 488 g/mol. The summed E-state index contributed by atoms with van der Waals surface area (Å²) in [5.74, 6) is -0.847. The number of nitrogens with one attached hydrogen (secondary N) is 2. The summed E-state index contributed by atoms with van der Waals surface area (Å²) < 4.78 is 0. The molecule has 0 saturated carbocycles. The zero-order valence-corrected chi connectivity index (χ0v) is 21.4. The predicted octanol–water partition coefficient (Wildman–Crippen LogP) is 5.67. The Hall–Kier alpha value is -2.70. The number of hydrogen-bond donors (Lipinski definition) is 3. The van der Waals surface area contributed by atoms with Gasteiger partial charge in [0.25, 0.3) is 5.91 Å². The lowest BCUT2D eigenvalue weighted by Gasteiger charge is -2.07. The molecule has 0 aliphatic rings. The fourth-order valence-electron chi connectivity index (χ4n) is 3.80. The van der Waals surface area contributed by atoms with Crippen LogP contribution in [0.15, 0.2) is 24.3 Å². The molecule has 0 bridgehead atoms. The number of carbonyl (C=O) groups is 4. The zero-order valence-electron chi connectivity index (χ0n) is 21.4. The summed E-state index contributed by atoms with van der Waals surface area (Å²) in [4.78, 5) is 46.7. The van der Waals surface area contributed by atoms with E-state index in [-0.39, 0.29) is 24.0 Å². The number of benzene rings is 1. The van der Waals surface area contributed by atoms with E-state index < -0.39 is 5.97 Å². The smallest absolute Gasteiger partial charge is 0.303 e. The van der Waals surface area contributed by atoms with Crippen molar-refractivity contribution in [3.63, 3.8) is 0 Å². The number of aliphatic carboxylic acids is 1. The number of Topliss-reactive ketones (excluding diaryl/α,β-unsaturated/α-hetero) is 1. The summed E-state index contributed by atoms with van der Waals surface area (Å²) in [6.07, 6.45) is 12.8. The maximum atomic E-state index is 12.3. The largest absolute Gasteiger partial charge is 0.481 e. The van der Waals surface area contributed by atoms with Crippen LogP contribution in [0.3, 0.4) is 0 Å². The third kappa shape index (κ3) is 15.8. The quantitative estimate of drug-likeness (QED) is 0.152. The van der Waals surface area contributed by atoms with Crippen molar-refractivity contribution in [1.29, 1.82) is 0 Å². The molecule has 0 unspecified atom stereocenters. The molecule has 0 atom stereocenters. The highest BCUT2D eigenvalue weighted by atomic mass is 16.4. The third-order valence-corrected chi connectivity index (χ3v) is 5.98. The molecule has 1 aromatic rings. The van der Waals surface area contributed by atoms with Crippen LogP contribution in [0, 0.1) is 0 Å². The summed E-state index contributed by atoms with van der Waals surface area (Å²) in [7, 11) is 0. The number of unbranched alkanes of at least 4 members (excludes halogenated alkanes) is 9. The van der Waals surface area contributed by atoms with Gasteiger partial charge in [0, 0.05) is 43.5 Å². The van der Waals surface area contributed by atoms with E-state index in [1.807, 2.05) is 0 Å². The minimum Gasteiger partial charge on any atom is -0.481 e. The van der Waals surface area contributed by atoms with Crippen molar-refractivity contribution in [3.05, 3.63) is 35.4 Å². The van der Waals surface area contributed by atoms with Crippen LogP contribution in [0.1, 0.15) is 124 Å². The lowest BCUT2D eigenvalue weighted by Crippen LogP contribution is -2.25. The fourth-order valence-corrected chi connectivity index (χ4v) is 3.80. The lowest BCUT2D eigenvalue weighted by atomic mass is 10.0. The van der Waals surface area contributed by atoms with E-state index in [2.05, 4.69) is 17.6 Å². The molecule has 196 valence electrons. The first-order chi connectivity index (χ1) is 16.9. The van der Waals surface area contributed by atoms with Crippen LogP contribution in [0.25, 0.3) is 0 Å². The van der Waals surface area contributed by atoms with Crippen LogP contribution >= 0.6 is 0 Å². The predicted molar refractivity (Wildman–Crippen MR) is 139 cm³/mol. The van der Waals surface area contributed by atoms with Gasteiger partial charge in [0.2, 0.25) is 5.91 Å². The van der Waals surface area contributed by atoms with Crippen LogP contribution in [0.2, 0.25) is 0 Å². The molecule has 0 spiro atoms. The first-order valence-electron chi connectivity index (χ1n) is 13.3. The summed E-state index contributed by atoms with van der Waals surface area (Å²) >= 11 is 0. The second-order valence-corrected chi connectivity index (χ2v) is 9.14. The molecule has 0 aliphatic carbocycles. The number of carboxylic acid groups (broad SMARTS) is 1. The van der Waals surface area contributed by atoms with E-state index in [0.29, 0.717) is 49.9 Å². The third-order valence-electron chi connectivity index (χ3n) is 5.98. The molecule has 0 saturated heterocycles. The van der Waals surface area contributed by atoms with Gasteiger partial charge >= 0.3 is 5.97 Å². The van der Waals surface area contributed by atoms with Gasteiger partial charge in [0.1, 0.15) is 0 Å². The normalized spacial score (nSPS) is 10.7. The highest BCUT2D eigenvalue weighted by molar-refractivity contribution is 5.98. The molecule has 35 heavy (non-hydrogen) atoms. The van der Waals surface area contributed by atoms with Gasteiger partial charge in [0.15, 0.2) is 5.78 Å². The molecule has 0 radical (unpaired) electrons. The van der Waals surface area contributed by atoms with Gasteiger partial charge in [-0.15, -0.1) is 0 Å². The van der Waals surface area contributed by atoms with E-state index in [0.717, 1.165) is 38.5 Å². The van der Waals surface area contributed by atoms with E-state index >= 15 is 0 Å².